The normalized spacial score (nSPS) is 11.1. The summed E-state index contributed by atoms with van der Waals surface area (Å²) >= 11 is 3.18. The van der Waals surface area contributed by atoms with Crippen molar-refractivity contribution in [3.05, 3.63) is 24.3 Å². The lowest BCUT2D eigenvalue weighted by Crippen LogP contribution is -2.13. The van der Waals surface area contributed by atoms with Gasteiger partial charge in [0.2, 0.25) is 11.0 Å². The summed E-state index contributed by atoms with van der Waals surface area (Å²) in [6.45, 7) is 5.03. The fourth-order valence-electron chi connectivity index (χ4n) is 1.68. The van der Waals surface area contributed by atoms with Gasteiger partial charge in [0.25, 0.3) is 5.76 Å². The van der Waals surface area contributed by atoms with Crippen LogP contribution in [0.1, 0.15) is 13.8 Å². The summed E-state index contributed by atoms with van der Waals surface area (Å²) in [7, 11) is 0. The van der Waals surface area contributed by atoms with E-state index >= 15 is 0 Å². The third-order valence-corrected chi connectivity index (χ3v) is 5.49. The van der Waals surface area contributed by atoms with E-state index in [4.69, 9.17) is 0 Å². The van der Waals surface area contributed by atoms with Crippen LogP contribution in [0.25, 0.3) is 0 Å². The third-order valence-electron chi connectivity index (χ3n) is 2.76. The van der Waals surface area contributed by atoms with Gasteiger partial charge in [0, 0.05) is 17.1 Å². The third kappa shape index (κ3) is 7.57. The van der Waals surface area contributed by atoms with Crippen molar-refractivity contribution < 1.29 is 13.6 Å². The summed E-state index contributed by atoms with van der Waals surface area (Å²) in [6.07, 6.45) is 0. The fourth-order valence-corrected chi connectivity index (χ4v) is 3.73. The Bertz CT molecular complexity index is 680. The summed E-state index contributed by atoms with van der Waals surface area (Å²) in [6, 6.07) is 6.31. The van der Waals surface area contributed by atoms with Crippen LogP contribution in [0.4, 0.5) is 19.6 Å². The van der Waals surface area contributed by atoms with Crippen molar-refractivity contribution >= 4 is 51.6 Å². The topological polar surface area (TPSA) is 66.9 Å². The number of amides is 1. The second-order valence-electron chi connectivity index (χ2n) is 5.39. The van der Waals surface area contributed by atoms with E-state index in [1.54, 1.807) is 24.3 Å². The first kappa shape index (κ1) is 19.9. The molecule has 1 aromatic carbocycles. The number of carbonyl (C=O) groups excluding carboxylic acids is 1. The van der Waals surface area contributed by atoms with Gasteiger partial charge in [-0.3, -0.25) is 4.79 Å². The quantitative estimate of drug-likeness (QED) is 0.593. The number of thioether (sulfide) groups is 2. The maximum Gasteiger partial charge on any atom is 0.288 e. The first-order valence-electron chi connectivity index (χ1n) is 7.47. The zero-order chi connectivity index (χ0) is 18.2. The highest BCUT2D eigenvalue weighted by Gasteiger charge is 2.09. The van der Waals surface area contributed by atoms with Gasteiger partial charge in [-0.15, -0.1) is 10.2 Å². The Labute approximate surface area is 157 Å². The Hall–Kier alpha value is -1.39. The zero-order valence-electron chi connectivity index (χ0n) is 13.7. The highest BCUT2D eigenvalue weighted by Crippen LogP contribution is 2.27. The Morgan fingerprint density at radius 1 is 1.24 bits per heavy atom. The smallest absolute Gasteiger partial charge is 0.288 e. The number of carbonyl (C=O) groups is 1. The summed E-state index contributed by atoms with van der Waals surface area (Å²) in [5.74, 6) is -1.93. The van der Waals surface area contributed by atoms with Crippen molar-refractivity contribution in [3.8, 4) is 0 Å². The average molecular weight is 405 g/mol. The van der Waals surface area contributed by atoms with Crippen LogP contribution in [-0.2, 0) is 4.79 Å². The first-order valence-corrected chi connectivity index (χ1v) is 10.2. The molecule has 2 N–H and O–H groups in total. The number of aromatic nitrogens is 2. The number of hydrogen-bond acceptors (Lipinski definition) is 7. The number of nitrogens with zero attached hydrogens (tertiary/aromatic N) is 2. The van der Waals surface area contributed by atoms with E-state index in [1.165, 1.54) is 23.1 Å². The Kier molecular flexibility index (Phi) is 7.91. The van der Waals surface area contributed by atoms with Crippen LogP contribution in [-0.4, -0.2) is 34.2 Å². The van der Waals surface area contributed by atoms with Crippen molar-refractivity contribution in [2.24, 2.45) is 5.92 Å². The Morgan fingerprint density at radius 3 is 2.60 bits per heavy atom. The lowest BCUT2D eigenvalue weighted by atomic mass is 10.2. The minimum atomic E-state index is -2.45. The second-order valence-corrected chi connectivity index (χ2v) is 8.65. The van der Waals surface area contributed by atoms with Crippen molar-refractivity contribution in [3.63, 3.8) is 0 Å². The van der Waals surface area contributed by atoms with E-state index in [0.717, 1.165) is 11.7 Å². The molecule has 0 spiro atoms. The van der Waals surface area contributed by atoms with Crippen LogP contribution in [0, 0.1) is 5.92 Å². The molecule has 10 heteroatoms. The SMILES string of the molecule is CC(C)CNc1nnc(SCC(=O)Nc2ccc(SC(F)F)cc2)s1. The summed E-state index contributed by atoms with van der Waals surface area (Å²) in [5, 5.41) is 14.7. The Morgan fingerprint density at radius 2 is 1.96 bits per heavy atom. The molecule has 0 fully saturated rings. The van der Waals surface area contributed by atoms with Crippen LogP contribution in [0.15, 0.2) is 33.5 Å². The molecule has 2 aromatic rings. The van der Waals surface area contributed by atoms with Gasteiger partial charge in [-0.25, -0.2) is 0 Å². The van der Waals surface area contributed by atoms with E-state index in [1.807, 2.05) is 0 Å². The van der Waals surface area contributed by atoms with E-state index < -0.39 is 5.76 Å². The largest absolute Gasteiger partial charge is 0.360 e. The van der Waals surface area contributed by atoms with Gasteiger partial charge in [-0.1, -0.05) is 48.7 Å². The summed E-state index contributed by atoms with van der Waals surface area (Å²) in [4.78, 5) is 12.4. The lowest BCUT2D eigenvalue weighted by molar-refractivity contribution is -0.113. The zero-order valence-corrected chi connectivity index (χ0v) is 16.1. The monoisotopic (exact) mass is 404 g/mol. The molecule has 1 amide bonds. The number of halogens is 2. The second kappa shape index (κ2) is 9.93. The molecule has 0 unspecified atom stereocenters. The molecule has 0 aliphatic carbocycles. The van der Waals surface area contributed by atoms with Crippen molar-refractivity contribution in [1.29, 1.82) is 0 Å². The number of benzene rings is 1. The highest BCUT2D eigenvalue weighted by atomic mass is 32.2. The van der Waals surface area contributed by atoms with Gasteiger partial charge < -0.3 is 10.6 Å². The number of anilines is 2. The van der Waals surface area contributed by atoms with Crippen molar-refractivity contribution in [1.82, 2.24) is 10.2 Å². The molecule has 0 atom stereocenters. The van der Waals surface area contributed by atoms with Gasteiger partial charge in [-0.2, -0.15) is 8.78 Å². The predicted octanol–water partition coefficient (Wildman–Crippen LogP) is 4.65. The van der Waals surface area contributed by atoms with Crippen LogP contribution in [0.2, 0.25) is 0 Å². The number of hydrogen-bond donors (Lipinski definition) is 2. The highest BCUT2D eigenvalue weighted by molar-refractivity contribution is 8.01. The van der Waals surface area contributed by atoms with E-state index in [2.05, 4.69) is 34.7 Å². The van der Waals surface area contributed by atoms with Gasteiger partial charge in [0.1, 0.15) is 0 Å². The molecule has 0 aliphatic rings. The van der Waals surface area contributed by atoms with Gasteiger partial charge in [0.15, 0.2) is 4.34 Å². The van der Waals surface area contributed by atoms with Crippen LogP contribution < -0.4 is 10.6 Å². The minimum absolute atomic E-state index is 0.189. The minimum Gasteiger partial charge on any atom is -0.360 e. The molecule has 0 bridgehead atoms. The van der Waals surface area contributed by atoms with Crippen LogP contribution >= 0.6 is 34.9 Å². The summed E-state index contributed by atoms with van der Waals surface area (Å²) in [5.41, 5.74) is 0.570. The molecule has 0 saturated carbocycles. The summed E-state index contributed by atoms with van der Waals surface area (Å²) < 4.78 is 25.2. The number of rotatable bonds is 9. The number of alkyl halides is 2. The fraction of sp³-hybridized carbons (Fsp3) is 0.400. The van der Waals surface area contributed by atoms with Gasteiger partial charge >= 0.3 is 0 Å². The molecule has 0 aliphatic heterocycles. The van der Waals surface area contributed by atoms with Gasteiger partial charge in [-0.05, 0) is 30.2 Å². The Balaban J connectivity index is 1.76. The maximum absolute atomic E-state index is 12.3. The molecular weight excluding hydrogens is 386 g/mol. The molecule has 2 rings (SSSR count). The van der Waals surface area contributed by atoms with Crippen LogP contribution in [0.5, 0.6) is 0 Å². The van der Waals surface area contributed by atoms with Gasteiger partial charge in [0.05, 0.1) is 5.75 Å². The molecule has 1 aromatic heterocycles. The average Bonchev–Trinajstić information content (AvgIpc) is 3.00. The van der Waals surface area contributed by atoms with E-state index in [9.17, 15) is 13.6 Å². The molecule has 0 radical (unpaired) electrons. The standard InChI is InChI=1S/C15H18F2N4OS3/c1-9(2)7-18-14-20-21-15(25-14)23-8-12(22)19-10-3-5-11(6-4-10)24-13(16)17/h3-6,9,13H,7-8H2,1-2H3,(H,18,20)(H,19,22). The predicted molar refractivity (Wildman–Crippen MR) is 101 cm³/mol. The molecule has 5 nitrogen and oxygen atoms in total. The van der Waals surface area contributed by atoms with E-state index in [0.29, 0.717) is 32.6 Å². The van der Waals surface area contributed by atoms with Crippen LogP contribution in [0.3, 0.4) is 0 Å². The van der Waals surface area contributed by atoms with E-state index in [-0.39, 0.29) is 11.7 Å². The maximum atomic E-state index is 12.3. The molecule has 136 valence electrons. The molecular formula is C15H18F2N4OS3. The number of nitrogens with one attached hydrogen (secondary N) is 2. The van der Waals surface area contributed by atoms with Crippen molar-refractivity contribution in [2.45, 2.75) is 28.8 Å². The lowest BCUT2D eigenvalue weighted by Gasteiger charge is -2.05. The molecule has 0 saturated heterocycles. The molecule has 25 heavy (non-hydrogen) atoms. The molecule has 1 heterocycles. The van der Waals surface area contributed by atoms with Crippen molar-refractivity contribution in [2.75, 3.05) is 22.9 Å². The first-order chi connectivity index (χ1) is 11.9.